The van der Waals surface area contributed by atoms with Gasteiger partial charge in [-0.2, -0.15) is 0 Å². The minimum Gasteiger partial charge on any atom is -0.0648 e. The molecule has 0 aromatic rings. The van der Waals surface area contributed by atoms with Gasteiger partial charge in [-0.3, -0.25) is 0 Å². The van der Waals surface area contributed by atoms with Crippen molar-refractivity contribution in [2.24, 2.45) is 11.3 Å². The summed E-state index contributed by atoms with van der Waals surface area (Å²) in [7, 11) is 0. The van der Waals surface area contributed by atoms with Gasteiger partial charge in [-0.05, 0) is 18.3 Å². The van der Waals surface area contributed by atoms with Gasteiger partial charge in [0.15, 0.2) is 0 Å². The van der Waals surface area contributed by atoms with Crippen molar-refractivity contribution < 1.29 is 0 Å². The highest BCUT2D eigenvalue weighted by molar-refractivity contribution is 4.81. The summed E-state index contributed by atoms with van der Waals surface area (Å²) in [6.07, 6.45) is 3.81. The number of hydrogen-bond donors (Lipinski definition) is 0. The van der Waals surface area contributed by atoms with E-state index in [-0.39, 0.29) is 0 Å². The van der Waals surface area contributed by atoms with E-state index in [1.54, 1.807) is 0 Å². The monoisotopic (exact) mass is 141 g/mol. The maximum absolute atomic E-state index is 4.12. The van der Waals surface area contributed by atoms with Gasteiger partial charge < -0.3 is 0 Å². The highest BCUT2D eigenvalue weighted by atomic mass is 14.3. The van der Waals surface area contributed by atoms with Crippen molar-refractivity contribution in [2.75, 3.05) is 0 Å². The van der Waals surface area contributed by atoms with Crippen molar-refractivity contribution in [2.45, 2.75) is 47.0 Å². The molecule has 0 aromatic carbocycles. The standard InChI is InChI=1S/C10H21/c1-6-10(7-2,8-3)9(4)5/h9H,4,6-8H2,1-3,5H3. The van der Waals surface area contributed by atoms with Gasteiger partial charge in [0.05, 0.1) is 0 Å². The lowest BCUT2D eigenvalue weighted by molar-refractivity contribution is 0.181. The first kappa shape index (κ1) is 10.0. The van der Waals surface area contributed by atoms with Crippen molar-refractivity contribution in [1.29, 1.82) is 0 Å². The molecule has 0 nitrogen and oxygen atoms in total. The molecular formula is C10H21. The lowest BCUT2D eigenvalue weighted by Crippen LogP contribution is -2.24. The highest BCUT2D eigenvalue weighted by Crippen LogP contribution is 2.37. The Morgan fingerprint density at radius 2 is 1.40 bits per heavy atom. The molecule has 0 saturated heterocycles. The van der Waals surface area contributed by atoms with Crippen molar-refractivity contribution in [3.63, 3.8) is 0 Å². The zero-order valence-corrected chi connectivity index (χ0v) is 7.91. The van der Waals surface area contributed by atoms with Crippen LogP contribution in [0.4, 0.5) is 0 Å². The fourth-order valence-electron chi connectivity index (χ4n) is 1.80. The first-order valence-electron chi connectivity index (χ1n) is 4.46. The molecule has 0 spiro atoms. The molecule has 0 heterocycles. The van der Waals surface area contributed by atoms with Crippen molar-refractivity contribution in [3.8, 4) is 0 Å². The van der Waals surface area contributed by atoms with Crippen LogP contribution in [0.25, 0.3) is 0 Å². The summed E-state index contributed by atoms with van der Waals surface area (Å²) in [5.74, 6) is 0.590. The van der Waals surface area contributed by atoms with E-state index in [1.807, 2.05) is 0 Å². The summed E-state index contributed by atoms with van der Waals surface area (Å²) in [6.45, 7) is 13.2. The Morgan fingerprint density at radius 3 is 1.40 bits per heavy atom. The summed E-state index contributed by atoms with van der Waals surface area (Å²) < 4.78 is 0. The Hall–Kier alpha value is 0. The fourth-order valence-corrected chi connectivity index (χ4v) is 1.80. The minimum atomic E-state index is 0.514. The molecule has 1 radical (unpaired) electrons. The summed E-state index contributed by atoms with van der Waals surface area (Å²) >= 11 is 0. The molecule has 0 aliphatic carbocycles. The molecule has 0 fully saturated rings. The predicted molar refractivity (Wildman–Crippen MR) is 47.8 cm³/mol. The Morgan fingerprint density at radius 1 is 1.10 bits per heavy atom. The zero-order chi connectivity index (χ0) is 8.20. The van der Waals surface area contributed by atoms with Crippen LogP contribution in [0.5, 0.6) is 0 Å². The van der Waals surface area contributed by atoms with Crippen LogP contribution >= 0.6 is 0 Å². The van der Waals surface area contributed by atoms with Crippen molar-refractivity contribution >= 4 is 0 Å². The molecule has 0 heteroatoms. The topological polar surface area (TPSA) is 0 Å². The summed E-state index contributed by atoms with van der Waals surface area (Å²) in [6, 6.07) is 0. The molecule has 10 heavy (non-hydrogen) atoms. The van der Waals surface area contributed by atoms with E-state index in [1.165, 1.54) is 19.3 Å². The van der Waals surface area contributed by atoms with E-state index >= 15 is 0 Å². The second-order valence-electron chi connectivity index (χ2n) is 3.32. The number of rotatable bonds is 4. The van der Waals surface area contributed by atoms with E-state index in [4.69, 9.17) is 0 Å². The van der Waals surface area contributed by atoms with Crippen molar-refractivity contribution in [1.82, 2.24) is 0 Å². The van der Waals surface area contributed by atoms with Crippen LogP contribution < -0.4 is 0 Å². The molecule has 0 aliphatic heterocycles. The van der Waals surface area contributed by atoms with E-state index in [0.29, 0.717) is 11.3 Å². The third-order valence-corrected chi connectivity index (χ3v) is 3.16. The van der Waals surface area contributed by atoms with Crippen LogP contribution in [-0.2, 0) is 0 Å². The lowest BCUT2D eigenvalue weighted by Gasteiger charge is -2.34. The predicted octanol–water partition coefficient (Wildman–Crippen LogP) is 3.67. The molecule has 0 aromatic heterocycles. The van der Waals surface area contributed by atoms with Gasteiger partial charge in [0, 0.05) is 0 Å². The third kappa shape index (κ3) is 1.74. The molecule has 61 valence electrons. The van der Waals surface area contributed by atoms with Crippen molar-refractivity contribution in [3.05, 3.63) is 6.92 Å². The normalized spacial score (nSPS) is 12.6. The smallest absolute Gasteiger partial charge is 0.0280 e. The molecular weight excluding hydrogens is 120 g/mol. The summed E-state index contributed by atoms with van der Waals surface area (Å²) in [5, 5.41) is 0. The zero-order valence-electron chi connectivity index (χ0n) is 7.91. The average molecular weight is 141 g/mol. The lowest BCUT2D eigenvalue weighted by atomic mass is 9.71. The Bertz CT molecular complexity index is 69.8. The maximum atomic E-state index is 4.12. The molecule has 0 aliphatic rings. The van der Waals surface area contributed by atoms with Crippen LogP contribution in [0, 0.1) is 18.3 Å². The molecule has 0 bridgehead atoms. The van der Waals surface area contributed by atoms with Crippen LogP contribution in [-0.4, -0.2) is 0 Å². The van der Waals surface area contributed by atoms with E-state index < -0.39 is 0 Å². The summed E-state index contributed by atoms with van der Waals surface area (Å²) in [4.78, 5) is 0. The largest absolute Gasteiger partial charge is 0.0648 e. The average Bonchev–Trinajstić information content (AvgIpc) is 1.92. The Labute approximate surface area is 66.0 Å². The summed E-state index contributed by atoms with van der Waals surface area (Å²) in [5.41, 5.74) is 0.514. The van der Waals surface area contributed by atoms with Crippen LogP contribution in [0.1, 0.15) is 47.0 Å². The van der Waals surface area contributed by atoms with E-state index in [0.717, 1.165) is 0 Å². The second-order valence-corrected chi connectivity index (χ2v) is 3.32. The van der Waals surface area contributed by atoms with Gasteiger partial charge in [-0.1, -0.05) is 47.0 Å². The Balaban J connectivity index is 4.15. The molecule has 0 amide bonds. The van der Waals surface area contributed by atoms with E-state index in [2.05, 4.69) is 34.6 Å². The first-order valence-corrected chi connectivity index (χ1v) is 4.46. The van der Waals surface area contributed by atoms with Crippen LogP contribution in [0.15, 0.2) is 0 Å². The van der Waals surface area contributed by atoms with Gasteiger partial charge in [0.1, 0.15) is 0 Å². The molecule has 1 unspecified atom stereocenters. The fraction of sp³-hybridized carbons (Fsp3) is 0.900. The quantitative estimate of drug-likeness (QED) is 0.560. The second kappa shape index (κ2) is 4.00. The number of hydrogen-bond acceptors (Lipinski definition) is 0. The Kier molecular flexibility index (Phi) is 4.00. The maximum Gasteiger partial charge on any atom is -0.0280 e. The van der Waals surface area contributed by atoms with Crippen LogP contribution in [0.2, 0.25) is 0 Å². The first-order chi connectivity index (χ1) is 4.63. The van der Waals surface area contributed by atoms with Gasteiger partial charge in [-0.15, -0.1) is 0 Å². The molecule has 0 saturated carbocycles. The van der Waals surface area contributed by atoms with Gasteiger partial charge in [0.2, 0.25) is 0 Å². The van der Waals surface area contributed by atoms with Gasteiger partial charge in [0.25, 0.3) is 0 Å². The minimum absolute atomic E-state index is 0.514. The molecule has 0 rings (SSSR count). The molecule has 0 N–H and O–H groups in total. The van der Waals surface area contributed by atoms with Gasteiger partial charge >= 0.3 is 0 Å². The molecule has 1 atom stereocenters. The van der Waals surface area contributed by atoms with E-state index in [9.17, 15) is 0 Å². The van der Waals surface area contributed by atoms with Gasteiger partial charge in [-0.25, -0.2) is 0 Å². The SMILES string of the molecule is [CH2]C(C)C(CC)(CC)CC. The van der Waals surface area contributed by atoms with Crippen LogP contribution in [0.3, 0.4) is 0 Å². The highest BCUT2D eigenvalue weighted by Gasteiger charge is 2.27. The third-order valence-electron chi connectivity index (χ3n) is 3.16.